The summed E-state index contributed by atoms with van der Waals surface area (Å²) in [4.78, 5) is 0. The van der Waals surface area contributed by atoms with E-state index < -0.39 is 0 Å². The Labute approximate surface area is 94.1 Å². The molecule has 84 valence electrons. The van der Waals surface area contributed by atoms with E-state index in [1.807, 2.05) is 12.1 Å². The Kier molecular flexibility index (Phi) is 3.26. The predicted molar refractivity (Wildman–Crippen MR) is 61.7 cm³/mol. The van der Waals surface area contributed by atoms with Gasteiger partial charge < -0.3 is 5.73 Å². The van der Waals surface area contributed by atoms with Crippen LogP contribution < -0.4 is 5.73 Å². The number of benzene rings is 1. The molecule has 0 aliphatic rings. The fraction of sp³-hybridized carbons (Fsp3) is 0.364. The van der Waals surface area contributed by atoms with Crippen LogP contribution in [0.5, 0.6) is 0 Å². The summed E-state index contributed by atoms with van der Waals surface area (Å²) in [6.45, 7) is 2.87. The van der Waals surface area contributed by atoms with E-state index in [0.717, 1.165) is 12.0 Å². The lowest BCUT2D eigenvalue weighted by Gasteiger charge is -2.10. The lowest BCUT2D eigenvalue weighted by atomic mass is 9.96. The van der Waals surface area contributed by atoms with E-state index in [-0.39, 0.29) is 0 Å². The molecule has 0 amide bonds. The van der Waals surface area contributed by atoms with Crippen molar-refractivity contribution in [3.05, 3.63) is 29.8 Å². The fourth-order valence-electron chi connectivity index (χ4n) is 1.69. The Morgan fingerprint density at radius 1 is 1.44 bits per heavy atom. The molecule has 2 aromatic rings. The quantitative estimate of drug-likeness (QED) is 0.809. The average Bonchev–Trinajstić information content (AvgIpc) is 2.83. The Morgan fingerprint density at radius 2 is 2.31 bits per heavy atom. The van der Waals surface area contributed by atoms with E-state index in [1.165, 1.54) is 5.56 Å². The topological polar surface area (TPSA) is 80.5 Å². The molecular weight excluding hydrogens is 202 g/mol. The average molecular weight is 217 g/mol. The number of nitrogens with one attached hydrogen (secondary N) is 1. The van der Waals surface area contributed by atoms with Gasteiger partial charge in [0, 0.05) is 5.56 Å². The van der Waals surface area contributed by atoms with Crippen LogP contribution in [0, 0.1) is 0 Å². The minimum Gasteiger partial charge on any atom is -0.330 e. The zero-order valence-electron chi connectivity index (χ0n) is 9.22. The molecule has 0 aliphatic carbocycles. The Hall–Kier alpha value is -1.75. The lowest BCUT2D eigenvalue weighted by molar-refractivity contribution is 0.690. The van der Waals surface area contributed by atoms with Crippen molar-refractivity contribution >= 4 is 0 Å². The Morgan fingerprint density at radius 3 is 3.00 bits per heavy atom. The maximum atomic E-state index is 5.56. The van der Waals surface area contributed by atoms with Crippen molar-refractivity contribution in [1.82, 2.24) is 20.6 Å². The van der Waals surface area contributed by atoms with Gasteiger partial charge in [-0.2, -0.15) is 5.21 Å². The van der Waals surface area contributed by atoms with Crippen LogP contribution in [-0.4, -0.2) is 27.2 Å². The number of nitrogens with two attached hydrogens (primary N) is 1. The van der Waals surface area contributed by atoms with E-state index in [1.54, 1.807) is 0 Å². The van der Waals surface area contributed by atoms with Gasteiger partial charge >= 0.3 is 0 Å². The van der Waals surface area contributed by atoms with Gasteiger partial charge in [0.1, 0.15) is 0 Å². The molecule has 2 rings (SSSR count). The molecule has 3 N–H and O–H groups in total. The van der Waals surface area contributed by atoms with Gasteiger partial charge in [-0.05, 0) is 35.7 Å². The molecule has 16 heavy (non-hydrogen) atoms. The molecule has 5 nitrogen and oxygen atoms in total. The van der Waals surface area contributed by atoms with Crippen molar-refractivity contribution in [2.75, 3.05) is 6.54 Å². The summed E-state index contributed by atoms with van der Waals surface area (Å²) in [5.74, 6) is 1.08. The van der Waals surface area contributed by atoms with Gasteiger partial charge in [0.05, 0.1) is 0 Å². The molecular formula is C11H15N5. The molecule has 0 radical (unpaired) electrons. The van der Waals surface area contributed by atoms with Crippen molar-refractivity contribution in [1.29, 1.82) is 0 Å². The second kappa shape index (κ2) is 4.85. The largest absolute Gasteiger partial charge is 0.330 e. The van der Waals surface area contributed by atoms with Gasteiger partial charge in [-0.15, -0.1) is 10.2 Å². The lowest BCUT2D eigenvalue weighted by Crippen LogP contribution is -2.04. The standard InChI is InChI=1S/C11H15N5/c1-8(5-6-12)9-3-2-4-10(7-9)11-13-15-16-14-11/h2-4,7-8H,5-6,12H2,1H3,(H,13,14,15,16). The molecule has 1 heterocycles. The van der Waals surface area contributed by atoms with Crippen molar-refractivity contribution in [2.45, 2.75) is 19.3 Å². The number of nitrogens with zero attached hydrogens (tertiary/aromatic N) is 3. The molecule has 0 aliphatic heterocycles. The van der Waals surface area contributed by atoms with E-state index in [2.05, 4.69) is 39.7 Å². The van der Waals surface area contributed by atoms with Gasteiger partial charge in [0.25, 0.3) is 0 Å². The fourth-order valence-corrected chi connectivity index (χ4v) is 1.69. The first kappa shape index (κ1) is 10.8. The highest BCUT2D eigenvalue weighted by Gasteiger charge is 2.07. The minimum atomic E-state index is 0.455. The van der Waals surface area contributed by atoms with Crippen molar-refractivity contribution in [2.24, 2.45) is 5.73 Å². The number of rotatable bonds is 4. The maximum Gasteiger partial charge on any atom is 0.204 e. The van der Waals surface area contributed by atoms with Crippen molar-refractivity contribution in [3.63, 3.8) is 0 Å². The third-order valence-electron chi connectivity index (χ3n) is 2.66. The molecule has 0 spiro atoms. The summed E-state index contributed by atoms with van der Waals surface area (Å²) in [5, 5.41) is 13.9. The molecule has 0 saturated carbocycles. The monoisotopic (exact) mass is 217 g/mol. The van der Waals surface area contributed by atoms with E-state index in [4.69, 9.17) is 5.73 Å². The Bertz CT molecular complexity index is 437. The predicted octanol–water partition coefficient (Wildman–Crippen LogP) is 1.32. The number of hydrogen-bond donors (Lipinski definition) is 2. The van der Waals surface area contributed by atoms with Crippen LogP contribution in [0.3, 0.4) is 0 Å². The second-order valence-corrected chi connectivity index (χ2v) is 3.84. The molecule has 0 saturated heterocycles. The van der Waals surface area contributed by atoms with Crippen LogP contribution >= 0.6 is 0 Å². The van der Waals surface area contributed by atoms with Crippen molar-refractivity contribution in [3.8, 4) is 11.4 Å². The third-order valence-corrected chi connectivity index (χ3v) is 2.66. The normalized spacial score (nSPS) is 12.6. The van der Waals surface area contributed by atoms with Gasteiger partial charge in [-0.1, -0.05) is 25.1 Å². The van der Waals surface area contributed by atoms with Crippen LogP contribution in [0.1, 0.15) is 24.8 Å². The Balaban J connectivity index is 2.26. The van der Waals surface area contributed by atoms with E-state index in [0.29, 0.717) is 18.3 Å². The summed E-state index contributed by atoms with van der Waals surface area (Å²) in [6.07, 6.45) is 0.982. The van der Waals surface area contributed by atoms with Crippen molar-refractivity contribution < 1.29 is 0 Å². The first-order valence-electron chi connectivity index (χ1n) is 5.35. The molecule has 1 aromatic heterocycles. The number of tetrazole rings is 1. The van der Waals surface area contributed by atoms with E-state index >= 15 is 0 Å². The van der Waals surface area contributed by atoms with Gasteiger partial charge in [-0.25, -0.2) is 0 Å². The SMILES string of the molecule is CC(CCN)c1cccc(-c2nn[nH]n2)c1. The zero-order valence-corrected chi connectivity index (χ0v) is 9.22. The molecule has 1 aromatic carbocycles. The summed E-state index contributed by atoms with van der Waals surface area (Å²) >= 11 is 0. The van der Waals surface area contributed by atoms with Gasteiger partial charge in [0.15, 0.2) is 0 Å². The number of aromatic nitrogens is 4. The first-order valence-corrected chi connectivity index (χ1v) is 5.35. The first-order chi connectivity index (χ1) is 7.81. The third kappa shape index (κ3) is 2.25. The van der Waals surface area contributed by atoms with Crippen LogP contribution in [0.25, 0.3) is 11.4 Å². The van der Waals surface area contributed by atoms with Gasteiger partial charge in [0.2, 0.25) is 5.82 Å². The smallest absolute Gasteiger partial charge is 0.204 e. The number of aromatic amines is 1. The van der Waals surface area contributed by atoms with Crippen LogP contribution in [-0.2, 0) is 0 Å². The van der Waals surface area contributed by atoms with Crippen LogP contribution in [0.15, 0.2) is 24.3 Å². The molecule has 0 fully saturated rings. The van der Waals surface area contributed by atoms with Gasteiger partial charge in [-0.3, -0.25) is 0 Å². The van der Waals surface area contributed by atoms with Crippen LogP contribution in [0.4, 0.5) is 0 Å². The highest BCUT2D eigenvalue weighted by atomic mass is 15.5. The molecule has 1 unspecified atom stereocenters. The number of H-pyrrole nitrogens is 1. The van der Waals surface area contributed by atoms with Crippen LogP contribution in [0.2, 0.25) is 0 Å². The highest BCUT2D eigenvalue weighted by molar-refractivity contribution is 5.55. The molecule has 5 heteroatoms. The molecule has 1 atom stereocenters. The summed E-state index contributed by atoms with van der Waals surface area (Å²) in [7, 11) is 0. The summed E-state index contributed by atoms with van der Waals surface area (Å²) in [6, 6.07) is 8.17. The molecule has 0 bridgehead atoms. The minimum absolute atomic E-state index is 0.455. The summed E-state index contributed by atoms with van der Waals surface area (Å²) in [5.41, 5.74) is 7.80. The summed E-state index contributed by atoms with van der Waals surface area (Å²) < 4.78 is 0. The highest BCUT2D eigenvalue weighted by Crippen LogP contribution is 2.22. The maximum absolute atomic E-state index is 5.56. The van der Waals surface area contributed by atoms with E-state index in [9.17, 15) is 0 Å². The zero-order chi connectivity index (χ0) is 11.4. The number of hydrogen-bond acceptors (Lipinski definition) is 4. The second-order valence-electron chi connectivity index (χ2n) is 3.84.